The predicted octanol–water partition coefficient (Wildman–Crippen LogP) is -2.70. The minimum absolute atomic E-state index is 0.00568. The molecule has 0 bridgehead atoms. The molecule has 0 aliphatic rings. The number of rotatable bonds is 19. The average molecular weight is 492 g/mol. The molecule has 0 radical (unpaired) electrons. The highest BCUT2D eigenvalue weighted by atomic mass is 16.5. The summed E-state index contributed by atoms with van der Waals surface area (Å²) in [5, 5.41) is 38.5. The molecule has 0 saturated carbocycles. The summed E-state index contributed by atoms with van der Waals surface area (Å²) in [5.74, 6) is -6.22. The van der Waals surface area contributed by atoms with Gasteiger partial charge in [-0.1, -0.05) is 0 Å². The number of carboxylic acids is 4. The Morgan fingerprint density at radius 1 is 0.676 bits per heavy atom. The molecule has 0 spiro atoms. The summed E-state index contributed by atoms with van der Waals surface area (Å²) in [6.07, 6.45) is 0. The SMILES string of the molecule is CCOC(=O)C(C)NC(=O)CN(CCN(CCN(CC(=O)O)CC(=O)O)CC(=O)O)CC(=O)O. The highest BCUT2D eigenvalue weighted by Crippen LogP contribution is 1.98. The van der Waals surface area contributed by atoms with Gasteiger partial charge in [0.05, 0.1) is 39.3 Å². The van der Waals surface area contributed by atoms with Crippen LogP contribution in [0.4, 0.5) is 0 Å². The van der Waals surface area contributed by atoms with E-state index in [0.717, 1.165) is 4.90 Å². The molecule has 1 unspecified atom stereocenters. The molecular formula is C19H32N4O11. The lowest BCUT2D eigenvalue weighted by Crippen LogP contribution is -2.48. The number of ether oxygens (including phenoxy) is 1. The van der Waals surface area contributed by atoms with E-state index in [1.54, 1.807) is 6.92 Å². The van der Waals surface area contributed by atoms with Crippen molar-refractivity contribution in [1.82, 2.24) is 20.0 Å². The Hall–Kier alpha value is -3.30. The topological polar surface area (TPSA) is 214 Å². The summed E-state index contributed by atoms with van der Waals surface area (Å²) in [4.78, 5) is 71.8. The van der Waals surface area contributed by atoms with Gasteiger partial charge in [0.2, 0.25) is 5.91 Å². The zero-order valence-electron chi connectivity index (χ0n) is 19.1. The number of aliphatic carboxylic acids is 4. The van der Waals surface area contributed by atoms with Crippen molar-refractivity contribution in [3.05, 3.63) is 0 Å². The van der Waals surface area contributed by atoms with Crippen LogP contribution in [0.15, 0.2) is 0 Å². The Balaban J connectivity index is 5.08. The third kappa shape index (κ3) is 15.5. The van der Waals surface area contributed by atoms with Gasteiger partial charge in [-0.15, -0.1) is 0 Å². The molecule has 0 aromatic heterocycles. The van der Waals surface area contributed by atoms with Crippen molar-refractivity contribution >= 4 is 35.8 Å². The summed E-state index contributed by atoms with van der Waals surface area (Å²) in [7, 11) is 0. The van der Waals surface area contributed by atoms with Gasteiger partial charge in [-0.25, -0.2) is 4.79 Å². The van der Waals surface area contributed by atoms with Crippen molar-refractivity contribution in [2.24, 2.45) is 0 Å². The lowest BCUT2D eigenvalue weighted by molar-refractivity contribution is -0.147. The monoisotopic (exact) mass is 492 g/mol. The second-order valence-electron chi connectivity index (χ2n) is 7.31. The maximum atomic E-state index is 12.2. The van der Waals surface area contributed by atoms with Gasteiger partial charge < -0.3 is 30.5 Å². The standard InChI is InChI=1S/C19H32N4O11/c1-3-34-19(33)13(2)20-14(24)8-22(10-16(27)28)6-4-21(9-15(25)26)5-7-23(11-17(29)30)12-18(31)32/h13H,3-12H2,1-2H3,(H,20,24)(H,25,26)(H,27,28)(H,29,30)(H,31,32). The maximum Gasteiger partial charge on any atom is 0.328 e. The molecule has 1 amide bonds. The predicted molar refractivity (Wildman–Crippen MR) is 114 cm³/mol. The molecular weight excluding hydrogens is 460 g/mol. The normalized spacial score (nSPS) is 11.9. The van der Waals surface area contributed by atoms with Gasteiger partial charge in [0, 0.05) is 26.2 Å². The van der Waals surface area contributed by atoms with Crippen LogP contribution in [0.3, 0.4) is 0 Å². The van der Waals surface area contributed by atoms with Gasteiger partial charge in [-0.3, -0.25) is 38.7 Å². The van der Waals surface area contributed by atoms with E-state index in [-0.39, 0.29) is 39.3 Å². The minimum Gasteiger partial charge on any atom is -0.480 e. The molecule has 0 heterocycles. The Morgan fingerprint density at radius 2 is 1.03 bits per heavy atom. The van der Waals surface area contributed by atoms with Crippen molar-refractivity contribution in [3.63, 3.8) is 0 Å². The molecule has 0 rings (SSSR count). The second-order valence-corrected chi connectivity index (χ2v) is 7.31. The van der Waals surface area contributed by atoms with Crippen LogP contribution in [0.25, 0.3) is 0 Å². The first-order valence-electron chi connectivity index (χ1n) is 10.3. The van der Waals surface area contributed by atoms with Gasteiger partial charge in [0.15, 0.2) is 0 Å². The number of esters is 1. The average Bonchev–Trinajstić information content (AvgIpc) is 2.68. The molecule has 0 aromatic rings. The fourth-order valence-electron chi connectivity index (χ4n) is 2.85. The number of carbonyl (C=O) groups excluding carboxylic acids is 2. The van der Waals surface area contributed by atoms with Crippen LogP contribution in [0.1, 0.15) is 13.8 Å². The Labute approximate surface area is 195 Å². The number of amides is 1. The first kappa shape index (κ1) is 30.7. The third-order valence-corrected chi connectivity index (χ3v) is 4.29. The van der Waals surface area contributed by atoms with E-state index in [1.807, 2.05) is 0 Å². The quantitative estimate of drug-likeness (QED) is 0.116. The lowest BCUT2D eigenvalue weighted by atomic mass is 10.3. The van der Waals surface area contributed by atoms with Crippen LogP contribution in [-0.2, 0) is 33.5 Å². The fourth-order valence-corrected chi connectivity index (χ4v) is 2.85. The van der Waals surface area contributed by atoms with Gasteiger partial charge in [-0.05, 0) is 13.8 Å². The van der Waals surface area contributed by atoms with Crippen molar-refractivity contribution in [2.75, 3.05) is 65.5 Å². The zero-order valence-corrected chi connectivity index (χ0v) is 19.1. The van der Waals surface area contributed by atoms with E-state index in [0.29, 0.717) is 0 Å². The van der Waals surface area contributed by atoms with E-state index >= 15 is 0 Å². The van der Waals surface area contributed by atoms with Gasteiger partial charge in [-0.2, -0.15) is 0 Å². The fraction of sp³-hybridized carbons (Fsp3) is 0.684. The number of hydrogen-bond acceptors (Lipinski definition) is 10. The van der Waals surface area contributed by atoms with Crippen molar-refractivity contribution in [3.8, 4) is 0 Å². The van der Waals surface area contributed by atoms with E-state index in [1.165, 1.54) is 16.7 Å². The number of nitrogens with one attached hydrogen (secondary N) is 1. The van der Waals surface area contributed by atoms with Crippen LogP contribution in [0, 0.1) is 0 Å². The Kier molecular flexibility index (Phi) is 14.7. The largest absolute Gasteiger partial charge is 0.480 e. The van der Waals surface area contributed by atoms with E-state index in [9.17, 15) is 28.8 Å². The number of nitrogens with zero attached hydrogens (tertiary/aromatic N) is 3. The van der Waals surface area contributed by atoms with Crippen molar-refractivity contribution < 1.29 is 53.9 Å². The first-order chi connectivity index (χ1) is 15.8. The zero-order chi connectivity index (χ0) is 26.3. The minimum atomic E-state index is -1.25. The highest BCUT2D eigenvalue weighted by molar-refractivity contribution is 5.85. The van der Waals surface area contributed by atoms with Gasteiger partial charge >= 0.3 is 29.8 Å². The molecule has 0 aromatic carbocycles. The van der Waals surface area contributed by atoms with E-state index in [4.69, 9.17) is 25.2 Å². The number of hydrogen-bond donors (Lipinski definition) is 5. The first-order valence-corrected chi connectivity index (χ1v) is 10.3. The molecule has 194 valence electrons. The molecule has 0 saturated heterocycles. The summed E-state index contributed by atoms with van der Waals surface area (Å²) >= 11 is 0. The van der Waals surface area contributed by atoms with Crippen molar-refractivity contribution in [1.29, 1.82) is 0 Å². The second kappa shape index (κ2) is 16.3. The molecule has 15 nitrogen and oxygen atoms in total. The molecule has 1 atom stereocenters. The van der Waals surface area contributed by atoms with Crippen LogP contribution < -0.4 is 5.32 Å². The Morgan fingerprint density at radius 3 is 1.41 bits per heavy atom. The Bertz CT molecular complexity index is 715. The molecule has 0 aliphatic heterocycles. The summed E-state index contributed by atoms with van der Waals surface area (Å²) in [5.41, 5.74) is 0. The summed E-state index contributed by atoms with van der Waals surface area (Å²) < 4.78 is 4.78. The van der Waals surface area contributed by atoms with E-state index in [2.05, 4.69) is 5.32 Å². The maximum absolute atomic E-state index is 12.2. The number of carboxylic acid groups (broad SMARTS) is 4. The molecule has 0 fully saturated rings. The molecule has 5 N–H and O–H groups in total. The summed E-state index contributed by atoms with van der Waals surface area (Å²) in [6.45, 7) is 0.496. The smallest absolute Gasteiger partial charge is 0.328 e. The molecule has 15 heteroatoms. The highest BCUT2D eigenvalue weighted by Gasteiger charge is 2.21. The van der Waals surface area contributed by atoms with Crippen LogP contribution in [-0.4, -0.2) is 142 Å². The summed E-state index contributed by atoms with van der Waals surface area (Å²) in [6, 6.07) is -0.947. The molecule has 0 aliphatic carbocycles. The van der Waals surface area contributed by atoms with Gasteiger partial charge in [0.1, 0.15) is 6.04 Å². The van der Waals surface area contributed by atoms with Crippen LogP contribution in [0.2, 0.25) is 0 Å². The van der Waals surface area contributed by atoms with Gasteiger partial charge in [0.25, 0.3) is 0 Å². The van der Waals surface area contributed by atoms with Crippen LogP contribution in [0.5, 0.6) is 0 Å². The third-order valence-electron chi connectivity index (χ3n) is 4.29. The van der Waals surface area contributed by atoms with Crippen molar-refractivity contribution in [2.45, 2.75) is 19.9 Å². The van der Waals surface area contributed by atoms with E-state index < -0.39 is 68.0 Å². The molecule has 34 heavy (non-hydrogen) atoms. The lowest BCUT2D eigenvalue weighted by Gasteiger charge is -2.27. The van der Waals surface area contributed by atoms with Crippen LogP contribution >= 0.6 is 0 Å². The number of carbonyl (C=O) groups is 6.